The normalized spacial score (nSPS) is 11.1. The Morgan fingerprint density at radius 2 is 1.75 bits per heavy atom. The minimum Gasteiger partial charge on any atom is -0.406 e. The van der Waals surface area contributed by atoms with Crippen molar-refractivity contribution < 1.29 is 23.0 Å². The first-order chi connectivity index (χ1) is 13.4. The lowest BCUT2D eigenvalue weighted by Crippen LogP contribution is -2.16. The van der Waals surface area contributed by atoms with Crippen LogP contribution in [0.15, 0.2) is 55.0 Å². The lowest BCUT2D eigenvalue weighted by atomic mass is 10.2. The van der Waals surface area contributed by atoms with Gasteiger partial charge in [0.05, 0.1) is 12.3 Å². The molecule has 0 atom stereocenters. The fourth-order valence-electron chi connectivity index (χ4n) is 2.34. The van der Waals surface area contributed by atoms with Gasteiger partial charge in [0.1, 0.15) is 23.7 Å². The summed E-state index contributed by atoms with van der Waals surface area (Å²) in [6, 6.07) is 10.6. The van der Waals surface area contributed by atoms with Crippen molar-refractivity contribution >= 4 is 17.3 Å². The molecule has 2 heterocycles. The number of anilines is 3. The van der Waals surface area contributed by atoms with Crippen molar-refractivity contribution in [3.8, 4) is 17.0 Å². The molecule has 0 saturated carbocycles. The number of aliphatic hydroxyl groups excluding tert-OH is 1. The van der Waals surface area contributed by atoms with Crippen molar-refractivity contribution in [1.82, 2.24) is 15.0 Å². The highest BCUT2D eigenvalue weighted by Crippen LogP contribution is 2.26. The molecule has 0 aliphatic heterocycles. The third kappa shape index (κ3) is 5.55. The number of ether oxygens (including phenoxy) is 1. The van der Waals surface area contributed by atoms with Crippen LogP contribution in [-0.2, 0) is 0 Å². The van der Waals surface area contributed by atoms with Crippen LogP contribution in [0.2, 0.25) is 0 Å². The van der Waals surface area contributed by atoms with Crippen molar-refractivity contribution in [1.29, 1.82) is 0 Å². The van der Waals surface area contributed by atoms with Gasteiger partial charge in [-0.1, -0.05) is 0 Å². The van der Waals surface area contributed by atoms with Crippen LogP contribution in [0.25, 0.3) is 11.3 Å². The average molecular weight is 391 g/mol. The number of aromatic nitrogens is 3. The molecule has 1 aromatic carbocycles. The molecule has 3 N–H and O–H groups in total. The highest BCUT2D eigenvalue weighted by Gasteiger charge is 2.30. The van der Waals surface area contributed by atoms with Gasteiger partial charge in [-0.25, -0.2) is 15.0 Å². The van der Waals surface area contributed by atoms with Gasteiger partial charge in [-0.3, -0.25) is 0 Å². The van der Waals surface area contributed by atoms with E-state index in [1.807, 2.05) is 0 Å². The van der Waals surface area contributed by atoms with Gasteiger partial charge in [0.25, 0.3) is 0 Å². The van der Waals surface area contributed by atoms with E-state index in [1.54, 1.807) is 24.4 Å². The number of halogens is 3. The molecule has 0 fully saturated rings. The molecular weight excluding hydrogens is 375 g/mol. The predicted molar refractivity (Wildman–Crippen MR) is 97.2 cm³/mol. The number of nitrogens with zero attached hydrogens (tertiary/aromatic N) is 3. The molecule has 0 saturated heterocycles. The number of pyridine rings is 1. The van der Waals surface area contributed by atoms with Crippen LogP contribution in [0.5, 0.6) is 5.75 Å². The summed E-state index contributed by atoms with van der Waals surface area (Å²) in [6.07, 6.45) is -1.74. The molecule has 10 heteroatoms. The van der Waals surface area contributed by atoms with E-state index in [4.69, 9.17) is 5.11 Å². The maximum Gasteiger partial charge on any atom is 0.573 e. The summed E-state index contributed by atoms with van der Waals surface area (Å²) < 4.78 is 40.5. The van der Waals surface area contributed by atoms with Crippen LogP contribution in [0.3, 0.4) is 0 Å². The van der Waals surface area contributed by atoms with Crippen LogP contribution in [0.4, 0.5) is 30.5 Å². The Hall–Kier alpha value is -3.40. The van der Waals surface area contributed by atoms with Gasteiger partial charge in [-0.15, -0.1) is 13.2 Å². The standard InChI is InChI=1S/C18H16F3N5O2/c19-18(20,21)28-14-3-1-13(2-4-14)26-17-10-15(24-11-25-17)12-5-6-22-16(9-12)23-7-8-27/h1-6,9-11,27H,7-8H2,(H,22,23)(H,24,25,26). The first-order valence-electron chi connectivity index (χ1n) is 8.19. The maximum absolute atomic E-state index is 12.2. The number of benzene rings is 1. The van der Waals surface area contributed by atoms with E-state index in [2.05, 4.69) is 30.3 Å². The Balaban J connectivity index is 1.73. The SMILES string of the molecule is OCCNc1cc(-c2cc(Nc3ccc(OC(F)(F)F)cc3)ncn2)ccn1. The molecule has 0 aliphatic carbocycles. The highest BCUT2D eigenvalue weighted by molar-refractivity contribution is 5.67. The summed E-state index contributed by atoms with van der Waals surface area (Å²) in [4.78, 5) is 12.5. The number of alkyl halides is 3. The number of rotatable bonds is 7. The van der Waals surface area contributed by atoms with Crippen molar-refractivity contribution in [3.05, 3.63) is 55.0 Å². The van der Waals surface area contributed by atoms with Gasteiger partial charge < -0.3 is 20.5 Å². The number of hydrogen-bond acceptors (Lipinski definition) is 7. The lowest BCUT2D eigenvalue weighted by molar-refractivity contribution is -0.274. The van der Waals surface area contributed by atoms with Gasteiger partial charge in [0.2, 0.25) is 0 Å². The summed E-state index contributed by atoms with van der Waals surface area (Å²) in [7, 11) is 0. The quantitative estimate of drug-likeness (QED) is 0.567. The zero-order valence-corrected chi connectivity index (χ0v) is 14.4. The van der Waals surface area contributed by atoms with Crippen molar-refractivity contribution in [2.75, 3.05) is 23.8 Å². The summed E-state index contributed by atoms with van der Waals surface area (Å²) in [5, 5.41) is 14.8. The second kappa shape index (κ2) is 8.53. The lowest BCUT2D eigenvalue weighted by Gasteiger charge is -2.11. The number of nitrogens with one attached hydrogen (secondary N) is 2. The minimum atomic E-state index is -4.73. The van der Waals surface area contributed by atoms with E-state index in [0.29, 0.717) is 29.6 Å². The largest absolute Gasteiger partial charge is 0.573 e. The fraction of sp³-hybridized carbons (Fsp3) is 0.167. The topological polar surface area (TPSA) is 92.2 Å². The highest BCUT2D eigenvalue weighted by atomic mass is 19.4. The molecule has 0 spiro atoms. The zero-order valence-electron chi connectivity index (χ0n) is 14.4. The van der Waals surface area contributed by atoms with E-state index in [9.17, 15) is 13.2 Å². The van der Waals surface area contributed by atoms with Gasteiger partial charge in [-0.2, -0.15) is 0 Å². The maximum atomic E-state index is 12.2. The van der Waals surface area contributed by atoms with Gasteiger partial charge in [0, 0.05) is 30.1 Å². The van der Waals surface area contributed by atoms with E-state index >= 15 is 0 Å². The molecule has 7 nitrogen and oxygen atoms in total. The Bertz CT molecular complexity index is 920. The Labute approximate surface area is 158 Å². The van der Waals surface area contributed by atoms with Crippen LogP contribution in [-0.4, -0.2) is 39.6 Å². The molecule has 3 rings (SSSR count). The van der Waals surface area contributed by atoms with Crippen LogP contribution >= 0.6 is 0 Å². The average Bonchev–Trinajstić information content (AvgIpc) is 2.67. The van der Waals surface area contributed by atoms with Crippen LogP contribution < -0.4 is 15.4 Å². The summed E-state index contributed by atoms with van der Waals surface area (Å²) in [5.74, 6) is 0.761. The molecule has 28 heavy (non-hydrogen) atoms. The van der Waals surface area contributed by atoms with E-state index in [1.165, 1.54) is 30.6 Å². The smallest absolute Gasteiger partial charge is 0.406 e. The van der Waals surface area contributed by atoms with Crippen molar-refractivity contribution in [2.45, 2.75) is 6.36 Å². The second-order valence-corrected chi connectivity index (χ2v) is 5.57. The van der Waals surface area contributed by atoms with Crippen LogP contribution in [0.1, 0.15) is 0 Å². The Morgan fingerprint density at radius 3 is 2.46 bits per heavy atom. The predicted octanol–water partition coefficient (Wildman–Crippen LogP) is 3.59. The molecule has 0 radical (unpaired) electrons. The van der Waals surface area contributed by atoms with E-state index in [-0.39, 0.29) is 12.4 Å². The van der Waals surface area contributed by atoms with Gasteiger partial charge in [0.15, 0.2) is 0 Å². The zero-order chi connectivity index (χ0) is 20.0. The first-order valence-corrected chi connectivity index (χ1v) is 8.19. The third-order valence-corrected chi connectivity index (χ3v) is 3.50. The Morgan fingerprint density at radius 1 is 0.964 bits per heavy atom. The summed E-state index contributed by atoms with van der Waals surface area (Å²) in [6.45, 7) is 0.362. The van der Waals surface area contributed by atoms with Crippen LogP contribution in [0, 0.1) is 0 Å². The number of aliphatic hydroxyl groups is 1. The molecule has 0 bridgehead atoms. The monoisotopic (exact) mass is 391 g/mol. The fourth-order valence-corrected chi connectivity index (χ4v) is 2.34. The summed E-state index contributed by atoms with van der Waals surface area (Å²) >= 11 is 0. The minimum absolute atomic E-state index is 0.0136. The first kappa shape index (κ1) is 19.4. The van der Waals surface area contributed by atoms with E-state index in [0.717, 1.165) is 5.56 Å². The molecule has 0 aliphatic rings. The van der Waals surface area contributed by atoms with Crippen molar-refractivity contribution in [2.24, 2.45) is 0 Å². The van der Waals surface area contributed by atoms with Gasteiger partial charge in [-0.05, 0) is 36.4 Å². The molecule has 146 valence electrons. The molecule has 3 aromatic rings. The van der Waals surface area contributed by atoms with E-state index < -0.39 is 6.36 Å². The van der Waals surface area contributed by atoms with Gasteiger partial charge >= 0.3 is 6.36 Å². The Kier molecular flexibility index (Phi) is 5.90. The molecule has 0 unspecified atom stereocenters. The third-order valence-electron chi connectivity index (χ3n) is 3.50. The summed E-state index contributed by atoms with van der Waals surface area (Å²) in [5.41, 5.74) is 1.96. The molecule has 0 amide bonds. The van der Waals surface area contributed by atoms with Crippen molar-refractivity contribution in [3.63, 3.8) is 0 Å². The molecular formula is C18H16F3N5O2. The number of hydrogen-bond donors (Lipinski definition) is 3. The molecule has 2 aromatic heterocycles. The second-order valence-electron chi connectivity index (χ2n) is 5.57.